The van der Waals surface area contributed by atoms with Gasteiger partial charge in [-0.15, -0.1) is 0 Å². The summed E-state index contributed by atoms with van der Waals surface area (Å²) in [6, 6.07) is 6.40. The Labute approximate surface area is 131 Å². The zero-order valence-electron chi connectivity index (χ0n) is 13.4. The third kappa shape index (κ3) is 2.34. The molecule has 3 heterocycles. The number of nitrogens with zero attached hydrogens (tertiary/aromatic N) is 3. The second-order valence-electron chi connectivity index (χ2n) is 7.00. The Hall–Kier alpha value is -1.39. The van der Waals surface area contributed by atoms with Gasteiger partial charge in [0.05, 0.1) is 0 Å². The molecule has 0 spiro atoms. The molecule has 2 saturated heterocycles. The number of hydrogen-bond acceptors (Lipinski definition) is 2. The summed E-state index contributed by atoms with van der Waals surface area (Å²) in [7, 11) is 2.04. The van der Waals surface area contributed by atoms with Gasteiger partial charge in [0, 0.05) is 55.9 Å². The fraction of sp³-hybridized carbons (Fsp3) is 0.556. The molecule has 4 rings (SSSR count). The van der Waals surface area contributed by atoms with E-state index in [1.807, 2.05) is 13.1 Å². The topological polar surface area (TPSA) is 11.4 Å². The highest BCUT2D eigenvalue weighted by molar-refractivity contribution is 5.84. The monoisotopic (exact) mass is 301 g/mol. The smallest absolute Gasteiger partial charge is 0.123 e. The van der Waals surface area contributed by atoms with Crippen molar-refractivity contribution in [2.24, 2.45) is 7.05 Å². The molecule has 1 aromatic heterocycles. The number of aromatic nitrogens is 1. The highest BCUT2D eigenvalue weighted by Gasteiger charge is 2.34. The Bertz CT molecular complexity index is 693. The SMILES string of the molecule is C[C@H]1CN2CCC[C@@H]2CN1Cc1cn(C)c2ccc(F)cc12. The largest absolute Gasteiger partial charge is 0.350 e. The quantitative estimate of drug-likeness (QED) is 0.845. The number of fused-ring (bicyclic) bond motifs is 2. The molecule has 0 unspecified atom stereocenters. The average molecular weight is 301 g/mol. The summed E-state index contributed by atoms with van der Waals surface area (Å²) in [6.07, 6.45) is 4.83. The third-order valence-electron chi connectivity index (χ3n) is 5.47. The number of piperazine rings is 1. The average Bonchev–Trinajstić information content (AvgIpc) is 3.04. The minimum atomic E-state index is -0.145. The molecule has 0 amide bonds. The van der Waals surface area contributed by atoms with E-state index < -0.39 is 0 Å². The van der Waals surface area contributed by atoms with Crippen molar-refractivity contribution in [2.75, 3.05) is 19.6 Å². The molecule has 22 heavy (non-hydrogen) atoms. The molecule has 0 saturated carbocycles. The fourth-order valence-electron chi connectivity index (χ4n) is 4.26. The van der Waals surface area contributed by atoms with Crippen molar-refractivity contribution in [3.8, 4) is 0 Å². The van der Waals surface area contributed by atoms with Gasteiger partial charge in [-0.1, -0.05) is 0 Å². The molecule has 1 aromatic carbocycles. The fourth-order valence-corrected chi connectivity index (χ4v) is 4.26. The molecule has 118 valence electrons. The molecule has 2 aromatic rings. The minimum Gasteiger partial charge on any atom is -0.350 e. The maximum Gasteiger partial charge on any atom is 0.123 e. The minimum absolute atomic E-state index is 0.145. The van der Waals surface area contributed by atoms with E-state index in [1.165, 1.54) is 31.5 Å². The van der Waals surface area contributed by atoms with E-state index >= 15 is 0 Å². The molecular formula is C18H24FN3. The summed E-state index contributed by atoms with van der Waals surface area (Å²) in [5.41, 5.74) is 2.36. The number of benzene rings is 1. The first-order valence-corrected chi connectivity index (χ1v) is 8.33. The summed E-state index contributed by atoms with van der Waals surface area (Å²) in [5, 5.41) is 1.06. The van der Waals surface area contributed by atoms with Crippen LogP contribution >= 0.6 is 0 Å². The van der Waals surface area contributed by atoms with Gasteiger partial charge in [0.15, 0.2) is 0 Å². The highest BCUT2D eigenvalue weighted by atomic mass is 19.1. The summed E-state index contributed by atoms with van der Waals surface area (Å²) in [5.74, 6) is -0.145. The Kier molecular flexibility index (Phi) is 3.46. The molecular weight excluding hydrogens is 277 g/mol. The van der Waals surface area contributed by atoms with Gasteiger partial charge in [-0.25, -0.2) is 4.39 Å². The van der Waals surface area contributed by atoms with Crippen molar-refractivity contribution < 1.29 is 4.39 Å². The summed E-state index contributed by atoms with van der Waals surface area (Å²) in [4.78, 5) is 5.22. The maximum absolute atomic E-state index is 13.6. The predicted molar refractivity (Wildman–Crippen MR) is 87.3 cm³/mol. The molecule has 4 heteroatoms. The van der Waals surface area contributed by atoms with Crippen LogP contribution in [-0.4, -0.2) is 46.1 Å². The Morgan fingerprint density at radius 2 is 2.14 bits per heavy atom. The van der Waals surface area contributed by atoms with Crippen LogP contribution in [0, 0.1) is 5.82 Å². The molecule has 2 fully saturated rings. The Balaban J connectivity index is 1.61. The normalized spacial score (nSPS) is 26.7. The van der Waals surface area contributed by atoms with Crippen LogP contribution in [0.4, 0.5) is 4.39 Å². The lowest BCUT2D eigenvalue weighted by Gasteiger charge is -2.42. The van der Waals surface area contributed by atoms with Crippen LogP contribution in [0.1, 0.15) is 25.3 Å². The van der Waals surface area contributed by atoms with Crippen LogP contribution in [0.2, 0.25) is 0 Å². The summed E-state index contributed by atoms with van der Waals surface area (Å²) in [6.45, 7) is 6.82. The van der Waals surface area contributed by atoms with Gasteiger partial charge in [0.1, 0.15) is 5.82 Å². The first-order chi connectivity index (χ1) is 10.6. The van der Waals surface area contributed by atoms with E-state index in [1.54, 1.807) is 12.1 Å². The van der Waals surface area contributed by atoms with E-state index in [0.29, 0.717) is 6.04 Å². The van der Waals surface area contributed by atoms with Gasteiger partial charge < -0.3 is 4.57 Å². The van der Waals surface area contributed by atoms with Crippen molar-refractivity contribution in [2.45, 2.75) is 38.4 Å². The van der Waals surface area contributed by atoms with Crippen molar-refractivity contribution in [3.63, 3.8) is 0 Å². The first kappa shape index (κ1) is 14.2. The maximum atomic E-state index is 13.6. The van der Waals surface area contributed by atoms with Crippen molar-refractivity contribution in [1.29, 1.82) is 0 Å². The van der Waals surface area contributed by atoms with Crippen LogP contribution in [0.3, 0.4) is 0 Å². The Morgan fingerprint density at radius 1 is 1.27 bits per heavy atom. The highest BCUT2D eigenvalue weighted by Crippen LogP contribution is 2.28. The van der Waals surface area contributed by atoms with E-state index in [4.69, 9.17) is 0 Å². The van der Waals surface area contributed by atoms with Crippen LogP contribution in [0.25, 0.3) is 10.9 Å². The van der Waals surface area contributed by atoms with Gasteiger partial charge in [-0.05, 0) is 50.1 Å². The molecule has 0 bridgehead atoms. The van der Waals surface area contributed by atoms with Crippen molar-refractivity contribution in [1.82, 2.24) is 14.4 Å². The van der Waals surface area contributed by atoms with Crippen LogP contribution in [-0.2, 0) is 13.6 Å². The lowest BCUT2D eigenvalue weighted by Crippen LogP contribution is -2.54. The van der Waals surface area contributed by atoms with Gasteiger partial charge in [0.25, 0.3) is 0 Å². The summed E-state index contributed by atoms with van der Waals surface area (Å²) >= 11 is 0. The first-order valence-electron chi connectivity index (χ1n) is 8.33. The number of hydrogen-bond donors (Lipinski definition) is 0. The lowest BCUT2D eigenvalue weighted by molar-refractivity contribution is 0.0543. The third-order valence-corrected chi connectivity index (χ3v) is 5.47. The van der Waals surface area contributed by atoms with Gasteiger partial charge in [-0.3, -0.25) is 9.80 Å². The molecule has 2 aliphatic rings. The lowest BCUT2D eigenvalue weighted by atomic mass is 10.1. The van der Waals surface area contributed by atoms with E-state index in [-0.39, 0.29) is 5.82 Å². The zero-order valence-corrected chi connectivity index (χ0v) is 13.4. The van der Waals surface area contributed by atoms with E-state index in [2.05, 4.69) is 27.5 Å². The van der Waals surface area contributed by atoms with Crippen LogP contribution in [0.15, 0.2) is 24.4 Å². The van der Waals surface area contributed by atoms with E-state index in [0.717, 1.165) is 30.0 Å². The molecule has 2 atom stereocenters. The second kappa shape index (κ2) is 5.36. The molecule has 2 aliphatic heterocycles. The zero-order chi connectivity index (χ0) is 15.3. The number of halogens is 1. The van der Waals surface area contributed by atoms with Gasteiger partial charge >= 0.3 is 0 Å². The van der Waals surface area contributed by atoms with Crippen molar-refractivity contribution in [3.05, 3.63) is 35.8 Å². The van der Waals surface area contributed by atoms with Gasteiger partial charge in [0.2, 0.25) is 0 Å². The van der Waals surface area contributed by atoms with Crippen LogP contribution < -0.4 is 0 Å². The summed E-state index contributed by atoms with van der Waals surface area (Å²) < 4.78 is 15.7. The van der Waals surface area contributed by atoms with E-state index in [9.17, 15) is 4.39 Å². The van der Waals surface area contributed by atoms with Gasteiger partial charge in [-0.2, -0.15) is 0 Å². The molecule has 0 N–H and O–H groups in total. The van der Waals surface area contributed by atoms with Crippen molar-refractivity contribution >= 4 is 10.9 Å². The van der Waals surface area contributed by atoms with Crippen LogP contribution in [0.5, 0.6) is 0 Å². The number of rotatable bonds is 2. The molecule has 3 nitrogen and oxygen atoms in total. The molecule has 0 radical (unpaired) electrons. The number of aryl methyl sites for hydroxylation is 1. The predicted octanol–water partition coefficient (Wildman–Crippen LogP) is 2.99. The molecule has 0 aliphatic carbocycles. The standard InChI is InChI=1S/C18H24FN3/c1-13-9-21-7-3-4-16(21)12-22(13)11-14-10-20(2)18-6-5-15(19)8-17(14)18/h5-6,8,10,13,16H,3-4,7,9,11-12H2,1-2H3/t13-,16+/m0/s1. The second-order valence-corrected chi connectivity index (χ2v) is 7.00. The Morgan fingerprint density at radius 3 is 3.00 bits per heavy atom.